The molecule has 0 saturated heterocycles. The highest BCUT2D eigenvalue weighted by Crippen LogP contribution is 2.35. The second-order valence-electron chi connectivity index (χ2n) is 3.39. The molecule has 0 unspecified atom stereocenters. The van der Waals surface area contributed by atoms with Crippen molar-refractivity contribution >= 4 is 23.2 Å². The van der Waals surface area contributed by atoms with Crippen LogP contribution in [0.1, 0.15) is 18.1 Å². The van der Waals surface area contributed by atoms with Crippen LogP contribution in [-0.2, 0) is 4.79 Å². The van der Waals surface area contributed by atoms with E-state index in [1.807, 2.05) is 13.8 Å². The predicted octanol–water partition coefficient (Wildman–Crippen LogP) is 2.92. The molecular formula is C11H14ClNO2. The van der Waals surface area contributed by atoms with Crippen LogP contribution in [-0.4, -0.2) is 13.0 Å². The number of rotatable bonds is 2. The van der Waals surface area contributed by atoms with E-state index in [1.165, 1.54) is 6.92 Å². The molecule has 0 aliphatic rings. The standard InChI is InChI=1S/C11H14ClNO2/c1-6-5-9(15-4)11(13-8(3)14)7(2)10(6)12/h5H,1-4H3,(H,13,14). The molecule has 0 fully saturated rings. The van der Waals surface area contributed by atoms with Crippen LogP contribution in [0, 0.1) is 13.8 Å². The lowest BCUT2D eigenvalue weighted by Crippen LogP contribution is -2.09. The lowest BCUT2D eigenvalue weighted by Gasteiger charge is -2.14. The summed E-state index contributed by atoms with van der Waals surface area (Å²) in [6, 6.07) is 1.81. The van der Waals surface area contributed by atoms with Crippen molar-refractivity contribution in [2.75, 3.05) is 12.4 Å². The number of amides is 1. The van der Waals surface area contributed by atoms with Gasteiger partial charge in [0.05, 0.1) is 12.8 Å². The minimum Gasteiger partial charge on any atom is -0.495 e. The second kappa shape index (κ2) is 4.53. The fourth-order valence-electron chi connectivity index (χ4n) is 1.41. The number of hydrogen-bond acceptors (Lipinski definition) is 2. The van der Waals surface area contributed by atoms with Crippen molar-refractivity contribution < 1.29 is 9.53 Å². The summed E-state index contributed by atoms with van der Waals surface area (Å²) in [6.45, 7) is 5.20. The molecule has 1 aromatic rings. The number of carbonyl (C=O) groups excluding carboxylic acids is 1. The molecule has 0 atom stereocenters. The molecule has 0 spiro atoms. The van der Waals surface area contributed by atoms with Gasteiger partial charge in [0.2, 0.25) is 5.91 Å². The summed E-state index contributed by atoms with van der Waals surface area (Å²) in [4.78, 5) is 11.0. The van der Waals surface area contributed by atoms with E-state index in [0.29, 0.717) is 16.5 Å². The van der Waals surface area contributed by atoms with Crippen molar-refractivity contribution in [3.8, 4) is 5.75 Å². The number of hydrogen-bond donors (Lipinski definition) is 1. The normalized spacial score (nSPS) is 9.93. The Labute approximate surface area is 94.4 Å². The van der Waals surface area contributed by atoms with Gasteiger partial charge in [-0.05, 0) is 31.0 Å². The van der Waals surface area contributed by atoms with E-state index >= 15 is 0 Å². The highest BCUT2D eigenvalue weighted by molar-refractivity contribution is 6.32. The Balaban J connectivity index is 3.33. The van der Waals surface area contributed by atoms with E-state index in [4.69, 9.17) is 16.3 Å². The van der Waals surface area contributed by atoms with Crippen LogP contribution in [0.4, 0.5) is 5.69 Å². The number of benzene rings is 1. The number of ether oxygens (including phenoxy) is 1. The molecule has 1 rings (SSSR count). The van der Waals surface area contributed by atoms with Crippen molar-refractivity contribution in [3.63, 3.8) is 0 Å². The smallest absolute Gasteiger partial charge is 0.221 e. The number of anilines is 1. The predicted molar refractivity (Wildman–Crippen MR) is 61.8 cm³/mol. The van der Waals surface area contributed by atoms with Crippen molar-refractivity contribution in [1.82, 2.24) is 0 Å². The Morgan fingerprint density at radius 2 is 2.07 bits per heavy atom. The van der Waals surface area contributed by atoms with E-state index in [2.05, 4.69) is 5.32 Å². The van der Waals surface area contributed by atoms with E-state index < -0.39 is 0 Å². The Morgan fingerprint density at radius 1 is 1.47 bits per heavy atom. The third-order valence-corrected chi connectivity index (χ3v) is 2.75. The van der Waals surface area contributed by atoms with Gasteiger partial charge in [0.15, 0.2) is 0 Å². The SMILES string of the molecule is COc1cc(C)c(Cl)c(C)c1NC(C)=O. The van der Waals surface area contributed by atoms with Gasteiger partial charge in [-0.15, -0.1) is 0 Å². The van der Waals surface area contributed by atoms with Crippen molar-refractivity contribution in [2.24, 2.45) is 0 Å². The summed E-state index contributed by atoms with van der Waals surface area (Å²) >= 11 is 6.09. The zero-order valence-corrected chi connectivity index (χ0v) is 10.0. The summed E-state index contributed by atoms with van der Waals surface area (Å²) in [7, 11) is 1.56. The summed E-state index contributed by atoms with van der Waals surface area (Å²) in [5, 5.41) is 3.36. The molecule has 3 nitrogen and oxygen atoms in total. The van der Waals surface area contributed by atoms with Gasteiger partial charge in [-0.2, -0.15) is 0 Å². The van der Waals surface area contributed by atoms with E-state index in [1.54, 1.807) is 13.2 Å². The number of aryl methyl sites for hydroxylation is 1. The molecule has 0 aliphatic carbocycles. The topological polar surface area (TPSA) is 38.3 Å². The summed E-state index contributed by atoms with van der Waals surface area (Å²) in [5.74, 6) is 0.487. The van der Waals surface area contributed by atoms with Gasteiger partial charge in [0.25, 0.3) is 0 Å². The van der Waals surface area contributed by atoms with Crippen LogP contribution in [0.2, 0.25) is 5.02 Å². The van der Waals surface area contributed by atoms with Gasteiger partial charge in [-0.25, -0.2) is 0 Å². The third kappa shape index (κ3) is 2.42. The summed E-state index contributed by atoms with van der Waals surface area (Å²) in [5.41, 5.74) is 2.39. The number of nitrogens with one attached hydrogen (secondary N) is 1. The van der Waals surface area contributed by atoms with Crippen LogP contribution >= 0.6 is 11.6 Å². The largest absolute Gasteiger partial charge is 0.495 e. The first kappa shape index (κ1) is 11.9. The van der Waals surface area contributed by atoms with Crippen LogP contribution in [0.25, 0.3) is 0 Å². The molecule has 1 N–H and O–H groups in total. The third-order valence-electron chi connectivity index (χ3n) is 2.17. The Bertz CT molecular complexity index is 402. The number of carbonyl (C=O) groups is 1. The highest BCUT2D eigenvalue weighted by Gasteiger charge is 2.13. The van der Waals surface area contributed by atoms with Crippen molar-refractivity contribution in [1.29, 1.82) is 0 Å². The zero-order chi connectivity index (χ0) is 11.6. The fraction of sp³-hybridized carbons (Fsp3) is 0.364. The van der Waals surface area contributed by atoms with E-state index in [-0.39, 0.29) is 5.91 Å². The molecule has 1 aromatic carbocycles. The molecule has 4 heteroatoms. The lowest BCUT2D eigenvalue weighted by atomic mass is 10.1. The summed E-state index contributed by atoms with van der Waals surface area (Å²) in [6.07, 6.45) is 0. The van der Waals surface area contributed by atoms with E-state index in [9.17, 15) is 4.79 Å². The number of halogens is 1. The molecule has 0 saturated carbocycles. The van der Waals surface area contributed by atoms with Crippen LogP contribution in [0.15, 0.2) is 6.07 Å². The first-order valence-electron chi connectivity index (χ1n) is 4.58. The van der Waals surface area contributed by atoms with Crippen molar-refractivity contribution in [3.05, 3.63) is 22.2 Å². The van der Waals surface area contributed by atoms with E-state index in [0.717, 1.165) is 11.1 Å². The Kier molecular flexibility index (Phi) is 3.58. The van der Waals surface area contributed by atoms with Crippen molar-refractivity contribution in [2.45, 2.75) is 20.8 Å². The monoisotopic (exact) mass is 227 g/mol. The lowest BCUT2D eigenvalue weighted by molar-refractivity contribution is -0.114. The summed E-state index contributed by atoms with van der Waals surface area (Å²) < 4.78 is 5.19. The molecule has 0 heterocycles. The minimum absolute atomic E-state index is 0.142. The maximum Gasteiger partial charge on any atom is 0.221 e. The van der Waals surface area contributed by atoms with Gasteiger partial charge in [0.1, 0.15) is 5.75 Å². The van der Waals surface area contributed by atoms with Gasteiger partial charge in [-0.1, -0.05) is 11.6 Å². The van der Waals surface area contributed by atoms with Crippen LogP contribution in [0.3, 0.4) is 0 Å². The first-order chi connectivity index (χ1) is 6.97. The van der Waals surface area contributed by atoms with Gasteiger partial charge < -0.3 is 10.1 Å². The highest BCUT2D eigenvalue weighted by atomic mass is 35.5. The Morgan fingerprint density at radius 3 is 2.53 bits per heavy atom. The van der Waals surface area contributed by atoms with Crippen LogP contribution < -0.4 is 10.1 Å². The molecule has 0 bridgehead atoms. The Hall–Kier alpha value is -1.22. The molecule has 15 heavy (non-hydrogen) atoms. The average Bonchev–Trinajstić information content (AvgIpc) is 2.18. The fourth-order valence-corrected chi connectivity index (χ4v) is 1.56. The van der Waals surface area contributed by atoms with Crippen LogP contribution in [0.5, 0.6) is 5.75 Å². The minimum atomic E-state index is -0.142. The number of methoxy groups -OCH3 is 1. The molecule has 0 aliphatic heterocycles. The molecule has 1 amide bonds. The maximum atomic E-state index is 11.0. The van der Waals surface area contributed by atoms with Gasteiger partial charge in [0, 0.05) is 11.9 Å². The average molecular weight is 228 g/mol. The molecule has 82 valence electrons. The quantitative estimate of drug-likeness (QED) is 0.844. The zero-order valence-electron chi connectivity index (χ0n) is 9.27. The maximum absolute atomic E-state index is 11.0. The van der Waals surface area contributed by atoms with Gasteiger partial charge in [-0.3, -0.25) is 4.79 Å². The molecule has 0 radical (unpaired) electrons. The second-order valence-corrected chi connectivity index (χ2v) is 3.77. The molecular weight excluding hydrogens is 214 g/mol. The van der Waals surface area contributed by atoms with Gasteiger partial charge >= 0.3 is 0 Å². The molecule has 0 aromatic heterocycles. The first-order valence-corrected chi connectivity index (χ1v) is 4.96.